The van der Waals surface area contributed by atoms with Crippen LogP contribution in [0.3, 0.4) is 0 Å². The fourth-order valence-electron chi connectivity index (χ4n) is 1.75. The van der Waals surface area contributed by atoms with Crippen LogP contribution < -0.4 is 5.32 Å². The van der Waals surface area contributed by atoms with Gasteiger partial charge in [0.1, 0.15) is 0 Å². The highest BCUT2D eigenvalue weighted by Gasteiger charge is 2.19. The molecule has 0 atom stereocenters. The Hall–Kier alpha value is -1.89. The lowest BCUT2D eigenvalue weighted by Gasteiger charge is -2.20. The van der Waals surface area contributed by atoms with Crippen molar-refractivity contribution in [2.75, 3.05) is 12.4 Å². The standard InChI is InChI=1S/C16H23NO5S/c1-12-5-7-13(8-6-12)23(20,21)10-9-15(19)22-11-14(18)17-16(2,3)4/h5-8H,9-11H2,1-4H3,(H,17,18). The molecule has 0 unspecified atom stereocenters. The summed E-state index contributed by atoms with van der Waals surface area (Å²) in [5.74, 6) is -1.49. The fraction of sp³-hybridized carbons (Fsp3) is 0.500. The molecule has 0 radical (unpaired) electrons. The Morgan fingerprint density at radius 3 is 2.22 bits per heavy atom. The molecule has 0 spiro atoms. The van der Waals surface area contributed by atoms with Crippen LogP contribution in [0.15, 0.2) is 29.2 Å². The zero-order chi connectivity index (χ0) is 17.7. The van der Waals surface area contributed by atoms with Crippen molar-refractivity contribution >= 4 is 21.7 Å². The maximum absolute atomic E-state index is 12.1. The molecule has 0 bridgehead atoms. The molecule has 1 rings (SSSR count). The lowest BCUT2D eigenvalue weighted by molar-refractivity contribution is -0.148. The summed E-state index contributed by atoms with van der Waals surface area (Å²) in [5, 5.41) is 2.64. The summed E-state index contributed by atoms with van der Waals surface area (Å²) in [7, 11) is -3.54. The van der Waals surface area contributed by atoms with E-state index >= 15 is 0 Å². The van der Waals surface area contributed by atoms with Crippen molar-refractivity contribution in [3.63, 3.8) is 0 Å². The minimum atomic E-state index is -3.54. The van der Waals surface area contributed by atoms with E-state index in [1.807, 2.05) is 6.92 Å². The molecule has 0 heterocycles. The fourth-order valence-corrected chi connectivity index (χ4v) is 2.98. The highest BCUT2D eigenvalue weighted by Crippen LogP contribution is 2.13. The SMILES string of the molecule is Cc1ccc(S(=O)(=O)CCC(=O)OCC(=O)NC(C)(C)C)cc1. The highest BCUT2D eigenvalue weighted by atomic mass is 32.2. The average molecular weight is 341 g/mol. The summed E-state index contributed by atoms with van der Waals surface area (Å²) in [6.07, 6.45) is -0.293. The number of aryl methyl sites for hydroxylation is 1. The number of rotatable bonds is 6. The normalized spacial score (nSPS) is 11.8. The minimum absolute atomic E-state index is 0.168. The van der Waals surface area contributed by atoms with Crippen LogP contribution in [0, 0.1) is 6.92 Å². The van der Waals surface area contributed by atoms with Gasteiger partial charge >= 0.3 is 5.97 Å². The molecule has 23 heavy (non-hydrogen) atoms. The molecular formula is C16H23NO5S. The zero-order valence-corrected chi connectivity index (χ0v) is 14.7. The average Bonchev–Trinajstić information content (AvgIpc) is 2.41. The van der Waals surface area contributed by atoms with Gasteiger partial charge in [-0.15, -0.1) is 0 Å². The molecule has 1 aromatic carbocycles. The number of hydrogen-bond donors (Lipinski definition) is 1. The molecule has 0 aliphatic heterocycles. The molecule has 1 amide bonds. The van der Waals surface area contributed by atoms with Crippen LogP contribution in [-0.2, 0) is 24.2 Å². The predicted octanol–water partition coefficient (Wildman–Crippen LogP) is 1.62. The van der Waals surface area contributed by atoms with Gasteiger partial charge in [-0.2, -0.15) is 0 Å². The Bertz CT molecular complexity index is 657. The summed E-state index contributed by atoms with van der Waals surface area (Å²) in [5.41, 5.74) is 0.534. The molecule has 128 valence electrons. The van der Waals surface area contributed by atoms with Crippen molar-refractivity contribution in [3.8, 4) is 0 Å². The second-order valence-corrected chi connectivity index (χ2v) is 8.45. The summed E-state index contributed by atoms with van der Waals surface area (Å²) in [6.45, 7) is 6.86. The molecule has 0 aromatic heterocycles. The number of ether oxygens (including phenoxy) is 1. The Balaban J connectivity index is 2.46. The van der Waals surface area contributed by atoms with Crippen molar-refractivity contribution < 1.29 is 22.7 Å². The lowest BCUT2D eigenvalue weighted by Crippen LogP contribution is -2.42. The first-order valence-corrected chi connectivity index (χ1v) is 8.91. The molecule has 0 saturated heterocycles. The van der Waals surface area contributed by atoms with Crippen LogP contribution >= 0.6 is 0 Å². The third-order valence-electron chi connectivity index (χ3n) is 2.83. The van der Waals surface area contributed by atoms with Gasteiger partial charge < -0.3 is 10.1 Å². The maximum atomic E-state index is 12.1. The molecule has 1 N–H and O–H groups in total. The van der Waals surface area contributed by atoms with Gasteiger partial charge in [0, 0.05) is 5.54 Å². The smallest absolute Gasteiger partial charge is 0.307 e. The van der Waals surface area contributed by atoms with Crippen molar-refractivity contribution in [3.05, 3.63) is 29.8 Å². The van der Waals surface area contributed by atoms with Crippen LogP contribution in [0.4, 0.5) is 0 Å². The Labute approximate surface area is 137 Å². The molecule has 0 aliphatic rings. The van der Waals surface area contributed by atoms with E-state index in [0.717, 1.165) is 5.56 Å². The van der Waals surface area contributed by atoms with Crippen molar-refractivity contribution in [2.24, 2.45) is 0 Å². The number of benzene rings is 1. The maximum Gasteiger partial charge on any atom is 0.307 e. The van der Waals surface area contributed by atoms with E-state index in [9.17, 15) is 18.0 Å². The summed E-state index contributed by atoms with van der Waals surface area (Å²) in [4.78, 5) is 23.3. The monoisotopic (exact) mass is 341 g/mol. The first-order valence-electron chi connectivity index (χ1n) is 7.26. The molecule has 0 saturated carbocycles. The van der Waals surface area contributed by atoms with Crippen molar-refractivity contribution in [1.29, 1.82) is 0 Å². The van der Waals surface area contributed by atoms with E-state index in [4.69, 9.17) is 4.74 Å². The second kappa shape index (κ2) is 7.59. The highest BCUT2D eigenvalue weighted by molar-refractivity contribution is 7.91. The zero-order valence-electron chi connectivity index (χ0n) is 13.9. The van der Waals surface area contributed by atoms with Crippen molar-refractivity contribution in [1.82, 2.24) is 5.32 Å². The number of carbonyl (C=O) groups is 2. The first kappa shape index (κ1) is 19.2. The number of esters is 1. The van der Waals surface area contributed by atoms with Crippen LogP contribution in [0.1, 0.15) is 32.8 Å². The molecular weight excluding hydrogens is 318 g/mol. The Morgan fingerprint density at radius 2 is 1.70 bits per heavy atom. The number of carbonyl (C=O) groups excluding carboxylic acids is 2. The second-order valence-electron chi connectivity index (χ2n) is 6.34. The molecule has 0 aliphatic carbocycles. The van der Waals surface area contributed by atoms with Gasteiger partial charge in [-0.3, -0.25) is 9.59 Å². The molecule has 6 nitrogen and oxygen atoms in total. The molecule has 0 fully saturated rings. The van der Waals surface area contributed by atoms with Gasteiger partial charge in [-0.05, 0) is 39.8 Å². The van der Waals surface area contributed by atoms with E-state index in [0.29, 0.717) is 0 Å². The van der Waals surface area contributed by atoms with Gasteiger partial charge in [-0.25, -0.2) is 8.42 Å². The van der Waals surface area contributed by atoms with Gasteiger partial charge in [0.15, 0.2) is 16.4 Å². The Morgan fingerprint density at radius 1 is 1.13 bits per heavy atom. The summed E-state index contributed by atoms with van der Waals surface area (Å²) in [6, 6.07) is 6.41. The largest absolute Gasteiger partial charge is 0.456 e. The van der Waals surface area contributed by atoms with E-state index in [2.05, 4.69) is 5.32 Å². The topological polar surface area (TPSA) is 89.5 Å². The molecule has 7 heteroatoms. The van der Waals surface area contributed by atoms with E-state index in [-0.39, 0.29) is 17.1 Å². The number of sulfone groups is 1. The van der Waals surface area contributed by atoms with Crippen LogP contribution in [-0.4, -0.2) is 38.2 Å². The third kappa shape index (κ3) is 7.27. The van der Waals surface area contributed by atoms with Gasteiger partial charge in [0.25, 0.3) is 5.91 Å². The summed E-state index contributed by atoms with van der Waals surface area (Å²) >= 11 is 0. The van der Waals surface area contributed by atoms with E-state index in [1.165, 1.54) is 12.1 Å². The lowest BCUT2D eigenvalue weighted by atomic mass is 10.1. The van der Waals surface area contributed by atoms with Gasteiger partial charge in [-0.1, -0.05) is 17.7 Å². The van der Waals surface area contributed by atoms with Gasteiger partial charge in [0.2, 0.25) is 0 Å². The molecule has 1 aromatic rings. The quantitative estimate of drug-likeness (QED) is 0.794. The number of nitrogens with one attached hydrogen (secondary N) is 1. The Kier molecular flexibility index (Phi) is 6.32. The minimum Gasteiger partial charge on any atom is -0.456 e. The number of hydrogen-bond acceptors (Lipinski definition) is 5. The van der Waals surface area contributed by atoms with Crippen LogP contribution in [0.5, 0.6) is 0 Å². The van der Waals surface area contributed by atoms with E-state index < -0.39 is 33.9 Å². The van der Waals surface area contributed by atoms with Crippen LogP contribution in [0.2, 0.25) is 0 Å². The van der Waals surface area contributed by atoms with Crippen LogP contribution in [0.25, 0.3) is 0 Å². The predicted molar refractivity (Wildman–Crippen MR) is 86.7 cm³/mol. The van der Waals surface area contributed by atoms with E-state index in [1.54, 1.807) is 32.9 Å². The number of amides is 1. The first-order chi connectivity index (χ1) is 10.5. The van der Waals surface area contributed by atoms with Gasteiger partial charge in [0.05, 0.1) is 17.1 Å². The summed E-state index contributed by atoms with van der Waals surface area (Å²) < 4.78 is 29.0. The third-order valence-corrected chi connectivity index (χ3v) is 4.57. The van der Waals surface area contributed by atoms with Crippen molar-refractivity contribution in [2.45, 2.75) is 44.6 Å².